The lowest BCUT2D eigenvalue weighted by atomic mass is 9.96. The maximum Gasteiger partial charge on any atom is 0.306 e. The van der Waals surface area contributed by atoms with Crippen molar-refractivity contribution < 1.29 is 27.5 Å². The Labute approximate surface area is 159 Å². The second-order valence-corrected chi connectivity index (χ2v) is 8.79. The zero-order chi connectivity index (χ0) is 19.3. The van der Waals surface area contributed by atoms with Crippen molar-refractivity contribution in [3.63, 3.8) is 0 Å². The normalized spacial score (nSPS) is 21.8. The number of carbonyl (C=O) groups excluding carboxylic acids is 2. The van der Waals surface area contributed by atoms with Gasteiger partial charge in [-0.25, -0.2) is 8.42 Å². The molecule has 1 heterocycles. The van der Waals surface area contributed by atoms with Crippen LogP contribution < -0.4 is 0 Å². The van der Waals surface area contributed by atoms with Crippen molar-refractivity contribution in [3.8, 4) is 0 Å². The van der Waals surface area contributed by atoms with Gasteiger partial charge in [-0.15, -0.1) is 0 Å². The highest BCUT2D eigenvalue weighted by Gasteiger charge is 2.27. The second kappa shape index (κ2) is 8.95. The van der Waals surface area contributed by atoms with Gasteiger partial charge in [0, 0.05) is 25.9 Å². The molecule has 0 spiro atoms. The first kappa shape index (κ1) is 20.0. The van der Waals surface area contributed by atoms with E-state index in [0.29, 0.717) is 45.6 Å². The Morgan fingerprint density at radius 3 is 2.52 bits per heavy atom. The number of carbonyl (C=O) groups is 2. The van der Waals surface area contributed by atoms with Crippen LogP contribution in [-0.4, -0.2) is 56.9 Å². The standard InChI is InChI=1S/C19H25NO6S/c21-17-3-1-2-4-18(17)26-19(22)10-7-15-5-8-16(9-6-15)27(23,24)20-11-13-25-14-12-20/h5-6,8-9,18H,1-4,7,10-14H2/t18-/m0/s1. The van der Waals surface area contributed by atoms with Gasteiger partial charge in [-0.3, -0.25) is 9.59 Å². The lowest BCUT2D eigenvalue weighted by molar-refractivity contribution is -0.156. The third-order valence-electron chi connectivity index (χ3n) is 4.92. The van der Waals surface area contributed by atoms with Gasteiger partial charge in [-0.1, -0.05) is 12.1 Å². The number of ether oxygens (including phenoxy) is 2. The highest BCUT2D eigenvalue weighted by atomic mass is 32.2. The van der Waals surface area contributed by atoms with Gasteiger partial charge in [-0.05, 0) is 43.4 Å². The minimum absolute atomic E-state index is 0.00673. The number of hydrogen-bond donors (Lipinski definition) is 0. The van der Waals surface area contributed by atoms with Crippen LogP contribution in [0.2, 0.25) is 0 Å². The average molecular weight is 395 g/mol. The Bertz CT molecular complexity index is 768. The fraction of sp³-hybridized carbons (Fsp3) is 0.579. The summed E-state index contributed by atoms with van der Waals surface area (Å²) < 4.78 is 37.1. The van der Waals surface area contributed by atoms with E-state index in [1.807, 2.05) is 0 Å². The molecule has 1 aromatic rings. The first-order valence-corrected chi connectivity index (χ1v) is 10.8. The molecule has 1 saturated carbocycles. The van der Waals surface area contributed by atoms with Gasteiger partial charge in [0.05, 0.1) is 18.1 Å². The Kier molecular flexibility index (Phi) is 6.62. The Morgan fingerprint density at radius 1 is 1.15 bits per heavy atom. The molecule has 27 heavy (non-hydrogen) atoms. The molecular weight excluding hydrogens is 370 g/mol. The monoisotopic (exact) mass is 395 g/mol. The van der Waals surface area contributed by atoms with Crippen molar-refractivity contribution in [2.75, 3.05) is 26.3 Å². The molecule has 3 rings (SSSR count). The van der Waals surface area contributed by atoms with Crippen LogP contribution in [0.1, 0.15) is 37.7 Å². The molecule has 1 atom stereocenters. The van der Waals surface area contributed by atoms with Crippen molar-refractivity contribution in [2.45, 2.75) is 49.5 Å². The Hall–Kier alpha value is -1.77. The van der Waals surface area contributed by atoms with E-state index in [9.17, 15) is 18.0 Å². The number of sulfonamides is 1. The molecule has 0 radical (unpaired) electrons. The van der Waals surface area contributed by atoms with E-state index in [1.165, 1.54) is 4.31 Å². The Balaban J connectivity index is 1.53. The van der Waals surface area contributed by atoms with E-state index in [2.05, 4.69) is 0 Å². The SMILES string of the molecule is O=C(CCc1ccc(S(=O)(=O)N2CCOCC2)cc1)O[C@H]1CCCCC1=O. The minimum atomic E-state index is -3.51. The van der Waals surface area contributed by atoms with E-state index in [-0.39, 0.29) is 23.1 Å². The van der Waals surface area contributed by atoms with Gasteiger partial charge in [-0.2, -0.15) is 4.31 Å². The smallest absolute Gasteiger partial charge is 0.306 e. The summed E-state index contributed by atoms with van der Waals surface area (Å²) in [6.45, 7) is 1.53. The molecule has 1 aromatic carbocycles. The van der Waals surface area contributed by atoms with E-state index in [4.69, 9.17) is 9.47 Å². The van der Waals surface area contributed by atoms with Gasteiger partial charge in [0.1, 0.15) is 0 Å². The van der Waals surface area contributed by atoms with Crippen molar-refractivity contribution in [1.29, 1.82) is 0 Å². The Morgan fingerprint density at radius 2 is 1.85 bits per heavy atom. The molecule has 0 amide bonds. The largest absolute Gasteiger partial charge is 0.454 e. The lowest BCUT2D eigenvalue weighted by Crippen LogP contribution is -2.40. The van der Waals surface area contributed by atoms with Crippen molar-refractivity contribution in [2.24, 2.45) is 0 Å². The number of aryl methyl sites for hydroxylation is 1. The summed E-state index contributed by atoms with van der Waals surface area (Å²) in [5, 5.41) is 0. The molecule has 148 valence electrons. The van der Waals surface area contributed by atoms with E-state index in [1.54, 1.807) is 24.3 Å². The molecule has 7 nitrogen and oxygen atoms in total. The summed E-state index contributed by atoms with van der Waals surface area (Å²) in [7, 11) is -3.51. The highest BCUT2D eigenvalue weighted by molar-refractivity contribution is 7.89. The quantitative estimate of drug-likeness (QED) is 0.681. The maximum absolute atomic E-state index is 12.6. The van der Waals surface area contributed by atoms with Gasteiger partial charge in [0.2, 0.25) is 10.0 Å². The topological polar surface area (TPSA) is 90.0 Å². The van der Waals surface area contributed by atoms with E-state index >= 15 is 0 Å². The summed E-state index contributed by atoms with van der Waals surface area (Å²) in [6, 6.07) is 6.56. The van der Waals surface area contributed by atoms with Crippen LogP contribution in [0.25, 0.3) is 0 Å². The number of morpholine rings is 1. The van der Waals surface area contributed by atoms with Crippen molar-refractivity contribution >= 4 is 21.8 Å². The third kappa shape index (κ3) is 5.15. The lowest BCUT2D eigenvalue weighted by Gasteiger charge is -2.26. The number of esters is 1. The summed E-state index contributed by atoms with van der Waals surface area (Å²) in [6.07, 6.45) is 2.88. The molecule has 2 fully saturated rings. The molecule has 0 aromatic heterocycles. The zero-order valence-corrected chi connectivity index (χ0v) is 16.1. The maximum atomic E-state index is 12.6. The predicted octanol–water partition coefficient (Wildman–Crippen LogP) is 1.69. The fourth-order valence-electron chi connectivity index (χ4n) is 3.30. The van der Waals surface area contributed by atoms with Crippen molar-refractivity contribution in [3.05, 3.63) is 29.8 Å². The van der Waals surface area contributed by atoms with Crippen LogP contribution in [0.3, 0.4) is 0 Å². The van der Waals surface area contributed by atoms with E-state index < -0.39 is 16.1 Å². The van der Waals surface area contributed by atoms with Crippen LogP contribution in [0.5, 0.6) is 0 Å². The fourth-order valence-corrected chi connectivity index (χ4v) is 4.71. The summed E-state index contributed by atoms with van der Waals surface area (Å²) >= 11 is 0. The van der Waals surface area contributed by atoms with Gasteiger partial charge in [0.15, 0.2) is 11.9 Å². The molecule has 0 unspecified atom stereocenters. The molecule has 8 heteroatoms. The molecule has 0 N–H and O–H groups in total. The number of rotatable bonds is 6. The molecular formula is C19H25NO6S. The number of benzene rings is 1. The zero-order valence-electron chi connectivity index (χ0n) is 15.3. The summed E-state index contributed by atoms with van der Waals surface area (Å²) in [4.78, 5) is 23.9. The van der Waals surface area contributed by atoms with Crippen LogP contribution in [0, 0.1) is 0 Å². The molecule has 2 aliphatic rings. The molecule has 0 bridgehead atoms. The number of ketones is 1. The number of hydrogen-bond acceptors (Lipinski definition) is 6. The molecule has 1 saturated heterocycles. The summed E-state index contributed by atoms with van der Waals surface area (Å²) in [5.41, 5.74) is 0.850. The number of Topliss-reactive ketones (excluding diaryl/α,β-unsaturated/α-hetero) is 1. The van der Waals surface area contributed by atoms with Crippen LogP contribution >= 0.6 is 0 Å². The average Bonchev–Trinajstić information content (AvgIpc) is 2.69. The highest BCUT2D eigenvalue weighted by Crippen LogP contribution is 2.20. The minimum Gasteiger partial charge on any atom is -0.454 e. The van der Waals surface area contributed by atoms with E-state index in [0.717, 1.165) is 18.4 Å². The van der Waals surface area contributed by atoms with Crippen molar-refractivity contribution in [1.82, 2.24) is 4.31 Å². The van der Waals surface area contributed by atoms with Crippen LogP contribution in [0.15, 0.2) is 29.2 Å². The van der Waals surface area contributed by atoms with Gasteiger partial charge >= 0.3 is 5.97 Å². The number of nitrogens with zero attached hydrogens (tertiary/aromatic N) is 1. The predicted molar refractivity (Wildman–Crippen MR) is 97.7 cm³/mol. The van der Waals surface area contributed by atoms with Crippen LogP contribution in [-0.2, 0) is 35.5 Å². The first-order chi connectivity index (χ1) is 13.0. The second-order valence-electron chi connectivity index (χ2n) is 6.85. The summed E-state index contributed by atoms with van der Waals surface area (Å²) in [5.74, 6) is -0.382. The third-order valence-corrected chi connectivity index (χ3v) is 6.83. The van der Waals surface area contributed by atoms with Gasteiger partial charge in [0.25, 0.3) is 0 Å². The molecule has 1 aliphatic carbocycles. The molecule has 1 aliphatic heterocycles. The van der Waals surface area contributed by atoms with Gasteiger partial charge < -0.3 is 9.47 Å². The first-order valence-electron chi connectivity index (χ1n) is 9.36. The van der Waals surface area contributed by atoms with Crippen LogP contribution in [0.4, 0.5) is 0 Å².